The van der Waals surface area contributed by atoms with E-state index in [0.717, 1.165) is 6.07 Å². The van der Waals surface area contributed by atoms with Crippen molar-refractivity contribution in [2.24, 2.45) is 0 Å². The number of hydrogen-bond acceptors (Lipinski definition) is 4. The van der Waals surface area contributed by atoms with Crippen LogP contribution in [0.25, 0.3) is 21.9 Å². The van der Waals surface area contributed by atoms with Gasteiger partial charge in [-0.25, -0.2) is 0 Å². The Morgan fingerprint density at radius 1 is 0.839 bits per heavy atom. The lowest BCUT2D eigenvalue weighted by molar-refractivity contribution is -0.382. The fourth-order valence-electron chi connectivity index (χ4n) is 2.52. The Hall–Kier alpha value is -2.35. The Morgan fingerprint density at radius 3 is 2.00 bits per heavy atom. The van der Waals surface area contributed by atoms with Crippen LogP contribution in [0.4, 0.5) is 39.5 Å². The third-order valence-electron chi connectivity index (χ3n) is 4.07. The highest BCUT2D eigenvalue weighted by Gasteiger charge is 2.86. The van der Waals surface area contributed by atoms with E-state index in [1.165, 1.54) is 24.3 Å². The van der Waals surface area contributed by atoms with Crippen molar-refractivity contribution in [3.05, 3.63) is 41.4 Å². The molecule has 170 valence electrons. The molecule has 0 unspecified atom stereocenters. The highest BCUT2D eigenvalue weighted by Crippen LogP contribution is 2.55. The van der Waals surface area contributed by atoms with Gasteiger partial charge in [-0.15, -0.1) is 0 Å². The van der Waals surface area contributed by atoms with Gasteiger partial charge in [0.05, 0.1) is 10.4 Å². The summed E-state index contributed by atoms with van der Waals surface area (Å²) in [7, 11) is -7.11. The molecule has 0 spiro atoms. The molecule has 15 heteroatoms. The molecule has 0 bridgehead atoms. The number of alkyl halides is 9. The van der Waals surface area contributed by atoms with E-state index in [4.69, 9.17) is 16.0 Å². The van der Waals surface area contributed by atoms with E-state index in [1.54, 1.807) is 0 Å². The molecule has 4 nitrogen and oxygen atoms in total. The van der Waals surface area contributed by atoms with Gasteiger partial charge in [0.2, 0.25) is 0 Å². The first-order chi connectivity index (χ1) is 14.0. The smallest absolute Gasteiger partial charge is 0.454 e. The number of fused-ring (bicyclic) bond motifs is 3. The van der Waals surface area contributed by atoms with Crippen LogP contribution in [0.3, 0.4) is 0 Å². The fraction of sp³-hybridized carbons (Fsp3) is 0.250. The van der Waals surface area contributed by atoms with Crippen LogP contribution >= 0.6 is 11.6 Å². The van der Waals surface area contributed by atoms with E-state index in [2.05, 4.69) is 4.18 Å². The van der Waals surface area contributed by atoms with Crippen LogP contribution in [0, 0.1) is 0 Å². The summed E-state index contributed by atoms with van der Waals surface area (Å²) in [6.45, 7) is 0. The summed E-state index contributed by atoms with van der Waals surface area (Å²) in [5, 5.41) is -7.62. The lowest BCUT2D eigenvalue weighted by Crippen LogP contribution is -2.63. The molecule has 1 heterocycles. The molecule has 0 fully saturated rings. The minimum absolute atomic E-state index is 0.000831. The van der Waals surface area contributed by atoms with E-state index in [0.29, 0.717) is 6.07 Å². The van der Waals surface area contributed by atoms with Gasteiger partial charge < -0.3 is 8.60 Å². The second kappa shape index (κ2) is 6.82. The average molecular weight is 501 g/mol. The van der Waals surface area contributed by atoms with Crippen molar-refractivity contribution in [1.82, 2.24) is 0 Å². The molecule has 1 aromatic heterocycles. The molecule has 0 atom stereocenters. The van der Waals surface area contributed by atoms with E-state index in [1.807, 2.05) is 0 Å². The highest BCUT2D eigenvalue weighted by atomic mass is 35.5. The summed E-state index contributed by atoms with van der Waals surface area (Å²) in [5.74, 6) is -15.9. The number of hydrogen-bond donors (Lipinski definition) is 0. The zero-order valence-electron chi connectivity index (χ0n) is 14.3. The van der Waals surface area contributed by atoms with Crippen molar-refractivity contribution in [1.29, 1.82) is 0 Å². The van der Waals surface area contributed by atoms with Crippen LogP contribution in [0.1, 0.15) is 0 Å². The average Bonchev–Trinajstić information content (AvgIpc) is 3.03. The number of halogens is 10. The molecule has 0 saturated heterocycles. The highest BCUT2D eigenvalue weighted by molar-refractivity contribution is 7.88. The molecule has 0 N–H and O–H groups in total. The summed E-state index contributed by atoms with van der Waals surface area (Å²) >= 11 is 5.85. The number of para-hydroxylation sites is 1. The first-order valence-electron chi connectivity index (χ1n) is 7.69. The van der Waals surface area contributed by atoms with Gasteiger partial charge in [0.1, 0.15) is 5.58 Å². The third-order valence-corrected chi connectivity index (χ3v) is 5.65. The van der Waals surface area contributed by atoms with Gasteiger partial charge in [0.15, 0.2) is 11.3 Å². The molecular formula is C16H6ClF9O4S. The van der Waals surface area contributed by atoms with Gasteiger partial charge in [-0.1, -0.05) is 29.8 Å². The molecule has 0 radical (unpaired) electrons. The number of benzene rings is 2. The first kappa shape index (κ1) is 23.3. The zero-order valence-corrected chi connectivity index (χ0v) is 15.9. The summed E-state index contributed by atoms with van der Waals surface area (Å²) in [6, 6.07) is 6.88. The SMILES string of the molecule is O=S(=O)(Oc1ccc(Cl)c2oc3ccccc3c12)C(F)(F)C(F)(F)C(F)(F)C(F)(F)F. The van der Waals surface area contributed by atoms with E-state index >= 15 is 0 Å². The maximum atomic E-state index is 13.9. The van der Waals surface area contributed by atoms with Crippen molar-refractivity contribution >= 4 is 43.7 Å². The summed E-state index contributed by atoms with van der Waals surface area (Å²) in [6.07, 6.45) is -7.19. The molecule has 2 aromatic carbocycles. The molecule has 0 saturated carbocycles. The van der Waals surface area contributed by atoms with Crippen LogP contribution in [-0.4, -0.2) is 31.7 Å². The Kier molecular flexibility index (Phi) is 5.13. The second-order valence-electron chi connectivity index (χ2n) is 6.05. The Balaban J connectivity index is 2.16. The van der Waals surface area contributed by atoms with E-state index in [-0.39, 0.29) is 21.6 Å². The summed E-state index contributed by atoms with van der Waals surface area (Å²) < 4.78 is 150. The van der Waals surface area contributed by atoms with Gasteiger partial charge >= 0.3 is 33.4 Å². The molecule has 0 amide bonds. The van der Waals surface area contributed by atoms with Gasteiger partial charge in [0.25, 0.3) is 0 Å². The molecule has 3 rings (SSSR count). The standard InChI is InChI=1S/C16H6ClF9O4S/c17-8-5-6-10(11-7-3-1-2-4-9(7)29-12(8)11)30-31(27,28)16(25,26)14(20,21)13(18,19)15(22,23)24/h1-6H. The Labute approximate surface area is 171 Å². The topological polar surface area (TPSA) is 56.5 Å². The Morgan fingerprint density at radius 2 is 1.42 bits per heavy atom. The largest absolute Gasteiger partial charge is 0.460 e. The van der Waals surface area contributed by atoms with Crippen LogP contribution < -0.4 is 4.18 Å². The predicted molar refractivity (Wildman–Crippen MR) is 89.2 cm³/mol. The van der Waals surface area contributed by atoms with Gasteiger partial charge in [-0.2, -0.15) is 47.9 Å². The van der Waals surface area contributed by atoms with Crippen LogP contribution in [0.15, 0.2) is 40.8 Å². The molecule has 31 heavy (non-hydrogen) atoms. The minimum atomic E-state index is -7.42. The summed E-state index contributed by atoms with van der Waals surface area (Å²) in [5.41, 5.74) is -0.320. The predicted octanol–water partition coefficient (Wildman–Crippen LogP) is 6.37. The van der Waals surface area contributed by atoms with Crippen LogP contribution in [0.2, 0.25) is 5.02 Å². The van der Waals surface area contributed by atoms with Crippen molar-refractivity contribution < 1.29 is 56.5 Å². The normalized spacial score (nSPS) is 14.4. The molecule has 0 aliphatic heterocycles. The van der Waals surface area contributed by atoms with E-state index in [9.17, 15) is 47.9 Å². The zero-order chi connectivity index (χ0) is 23.6. The lowest BCUT2D eigenvalue weighted by atomic mass is 10.1. The number of rotatable bonds is 5. The van der Waals surface area contributed by atoms with Crippen molar-refractivity contribution in [3.8, 4) is 5.75 Å². The van der Waals surface area contributed by atoms with Crippen molar-refractivity contribution in [3.63, 3.8) is 0 Å². The molecule has 0 aliphatic rings. The van der Waals surface area contributed by atoms with E-state index < -0.39 is 44.5 Å². The van der Waals surface area contributed by atoms with Gasteiger partial charge in [0, 0.05) is 5.39 Å². The lowest BCUT2D eigenvalue weighted by Gasteiger charge is -2.32. The fourth-order valence-corrected chi connectivity index (χ4v) is 3.64. The minimum Gasteiger partial charge on any atom is -0.454 e. The van der Waals surface area contributed by atoms with Crippen molar-refractivity contribution in [2.75, 3.05) is 0 Å². The molecular weight excluding hydrogens is 495 g/mol. The monoisotopic (exact) mass is 500 g/mol. The van der Waals surface area contributed by atoms with Gasteiger partial charge in [-0.3, -0.25) is 0 Å². The quantitative estimate of drug-likeness (QED) is 0.302. The molecule has 0 aliphatic carbocycles. The van der Waals surface area contributed by atoms with Gasteiger partial charge in [-0.05, 0) is 18.2 Å². The summed E-state index contributed by atoms with van der Waals surface area (Å²) in [4.78, 5) is 0. The van der Waals surface area contributed by atoms with Crippen molar-refractivity contribution in [2.45, 2.75) is 23.3 Å². The Bertz CT molecular complexity index is 1270. The third kappa shape index (κ3) is 3.26. The maximum absolute atomic E-state index is 13.9. The first-order valence-corrected chi connectivity index (χ1v) is 9.48. The second-order valence-corrected chi connectivity index (χ2v) is 8.04. The number of furan rings is 1. The van der Waals surface area contributed by atoms with Crippen LogP contribution in [-0.2, 0) is 10.1 Å². The maximum Gasteiger partial charge on any atom is 0.460 e. The van der Waals surface area contributed by atoms with Crippen LogP contribution in [0.5, 0.6) is 5.75 Å². The molecule has 3 aromatic rings.